The second kappa shape index (κ2) is 8.29. The Morgan fingerprint density at radius 3 is 2.79 bits per heavy atom. The van der Waals surface area contributed by atoms with Gasteiger partial charge in [-0.3, -0.25) is 10.1 Å². The highest BCUT2D eigenvalue weighted by Gasteiger charge is 2.21. The smallest absolute Gasteiger partial charge is 0.287 e. The van der Waals surface area contributed by atoms with Gasteiger partial charge < -0.3 is 15.0 Å². The van der Waals surface area contributed by atoms with Crippen molar-refractivity contribution in [2.75, 3.05) is 39.6 Å². The first-order valence-corrected chi connectivity index (χ1v) is 9.44. The zero-order valence-electron chi connectivity index (χ0n) is 15.4. The van der Waals surface area contributed by atoms with Gasteiger partial charge in [0.1, 0.15) is 10.8 Å². The van der Waals surface area contributed by atoms with E-state index >= 15 is 0 Å². The molecular weight excluding hydrogens is 452 g/mol. The molecule has 0 fully saturated rings. The van der Waals surface area contributed by atoms with E-state index in [2.05, 4.69) is 36.2 Å². The second-order valence-corrected chi connectivity index (χ2v) is 7.49. The lowest BCUT2D eigenvalue weighted by Crippen LogP contribution is -2.21. The number of fused-ring (bicyclic) bond motifs is 1. The minimum Gasteiger partial charge on any atom is -0.494 e. The first-order chi connectivity index (χ1) is 13.3. The van der Waals surface area contributed by atoms with E-state index < -0.39 is 4.92 Å². The van der Waals surface area contributed by atoms with E-state index in [1.54, 1.807) is 23.0 Å². The molecule has 0 aliphatic rings. The molecule has 0 saturated carbocycles. The molecular formula is C17H18BrClN6O3. The lowest BCUT2D eigenvalue weighted by atomic mass is 10.2. The van der Waals surface area contributed by atoms with Gasteiger partial charge in [-0.2, -0.15) is 0 Å². The zero-order valence-corrected chi connectivity index (χ0v) is 17.8. The summed E-state index contributed by atoms with van der Waals surface area (Å²) in [5.74, 6) is 0.949. The summed E-state index contributed by atoms with van der Waals surface area (Å²) in [6.07, 6.45) is 1.64. The van der Waals surface area contributed by atoms with Gasteiger partial charge in [-0.1, -0.05) is 11.6 Å². The number of nitrogens with zero attached hydrogens (tertiary/aromatic N) is 5. The summed E-state index contributed by atoms with van der Waals surface area (Å²) >= 11 is 9.35. The Bertz CT molecular complexity index is 1040. The van der Waals surface area contributed by atoms with Gasteiger partial charge in [0, 0.05) is 25.4 Å². The van der Waals surface area contributed by atoms with Crippen molar-refractivity contribution < 1.29 is 9.66 Å². The molecule has 0 bridgehead atoms. The summed E-state index contributed by atoms with van der Waals surface area (Å²) in [6.45, 7) is 1.50. The number of hydrogen-bond acceptors (Lipinski definition) is 7. The van der Waals surface area contributed by atoms with Crippen LogP contribution < -0.4 is 10.1 Å². The van der Waals surface area contributed by atoms with Crippen LogP contribution in [0.15, 0.2) is 28.9 Å². The highest BCUT2D eigenvalue weighted by atomic mass is 79.9. The summed E-state index contributed by atoms with van der Waals surface area (Å²) in [5.41, 5.74) is 1.14. The predicted molar refractivity (Wildman–Crippen MR) is 112 cm³/mol. The molecule has 0 aliphatic carbocycles. The SMILES string of the molecule is COc1cc([N+](=O)[O-])c(Br)cc1-n1nc(NCCN(C)C)c2cnc(Cl)cc21. The first-order valence-electron chi connectivity index (χ1n) is 8.27. The van der Waals surface area contributed by atoms with Crippen LogP contribution in [0.1, 0.15) is 0 Å². The topological polar surface area (TPSA) is 98.3 Å². The summed E-state index contributed by atoms with van der Waals surface area (Å²) < 4.78 is 7.34. The van der Waals surface area contributed by atoms with E-state index in [0.29, 0.717) is 38.9 Å². The fraction of sp³-hybridized carbons (Fsp3) is 0.294. The molecule has 0 spiro atoms. The molecule has 1 aromatic carbocycles. The number of aromatic nitrogens is 3. The maximum atomic E-state index is 11.2. The Morgan fingerprint density at radius 2 is 2.14 bits per heavy atom. The van der Waals surface area contributed by atoms with Crippen LogP contribution in [0, 0.1) is 10.1 Å². The number of methoxy groups -OCH3 is 1. The van der Waals surface area contributed by atoms with Crippen molar-refractivity contribution in [1.29, 1.82) is 0 Å². The number of likely N-dealkylation sites (N-methyl/N-ethyl adjacent to an activating group) is 1. The van der Waals surface area contributed by atoms with Gasteiger partial charge >= 0.3 is 0 Å². The van der Waals surface area contributed by atoms with Crippen LogP contribution in [-0.4, -0.2) is 58.9 Å². The van der Waals surface area contributed by atoms with Crippen molar-refractivity contribution in [3.05, 3.63) is 44.1 Å². The Hall–Kier alpha value is -2.43. The summed E-state index contributed by atoms with van der Waals surface area (Å²) in [4.78, 5) is 17.0. The van der Waals surface area contributed by atoms with Crippen molar-refractivity contribution >= 4 is 49.9 Å². The average molecular weight is 470 g/mol. The van der Waals surface area contributed by atoms with Crippen molar-refractivity contribution in [2.24, 2.45) is 0 Å². The van der Waals surface area contributed by atoms with E-state index in [1.165, 1.54) is 13.2 Å². The van der Waals surface area contributed by atoms with Gasteiger partial charge in [0.2, 0.25) is 0 Å². The number of nitro benzene ring substituents is 1. The fourth-order valence-electron chi connectivity index (χ4n) is 2.70. The number of halogens is 2. The van der Waals surface area contributed by atoms with Crippen LogP contribution in [0.5, 0.6) is 5.75 Å². The molecule has 3 rings (SSSR count). The Balaban J connectivity index is 2.16. The molecule has 0 radical (unpaired) electrons. The van der Waals surface area contributed by atoms with Crippen molar-refractivity contribution in [3.8, 4) is 11.4 Å². The molecule has 0 saturated heterocycles. The quantitative estimate of drug-likeness (QED) is 0.320. The number of ether oxygens (including phenoxy) is 1. The van der Waals surface area contributed by atoms with Gasteiger partial charge in [-0.05, 0) is 36.1 Å². The first kappa shape index (κ1) is 20.3. The Kier molecular flexibility index (Phi) is 6.01. The average Bonchev–Trinajstić information content (AvgIpc) is 2.98. The van der Waals surface area contributed by atoms with Crippen LogP contribution >= 0.6 is 27.5 Å². The van der Waals surface area contributed by atoms with Gasteiger partial charge in [0.05, 0.1) is 33.5 Å². The number of benzene rings is 1. The van der Waals surface area contributed by atoms with Crippen molar-refractivity contribution in [3.63, 3.8) is 0 Å². The lowest BCUT2D eigenvalue weighted by molar-refractivity contribution is -0.385. The molecule has 0 unspecified atom stereocenters. The molecule has 28 heavy (non-hydrogen) atoms. The molecule has 148 valence electrons. The summed E-state index contributed by atoms with van der Waals surface area (Å²) in [6, 6.07) is 4.64. The number of rotatable bonds is 7. The van der Waals surface area contributed by atoms with E-state index in [4.69, 9.17) is 16.3 Å². The van der Waals surface area contributed by atoms with Crippen LogP contribution in [0.4, 0.5) is 11.5 Å². The van der Waals surface area contributed by atoms with Crippen LogP contribution in [0.3, 0.4) is 0 Å². The third-order valence-corrected chi connectivity index (χ3v) is 4.90. The van der Waals surface area contributed by atoms with Gasteiger partial charge in [-0.25, -0.2) is 9.67 Å². The van der Waals surface area contributed by atoms with Crippen LogP contribution in [0.2, 0.25) is 5.15 Å². The number of nitrogens with one attached hydrogen (secondary N) is 1. The molecule has 2 aromatic heterocycles. The van der Waals surface area contributed by atoms with Crippen LogP contribution in [-0.2, 0) is 0 Å². The molecule has 11 heteroatoms. The predicted octanol–water partition coefficient (Wildman–Crippen LogP) is 3.73. The largest absolute Gasteiger partial charge is 0.494 e. The van der Waals surface area contributed by atoms with Gasteiger partial charge in [0.15, 0.2) is 11.6 Å². The minimum absolute atomic E-state index is 0.0962. The third-order valence-electron chi connectivity index (χ3n) is 4.06. The summed E-state index contributed by atoms with van der Waals surface area (Å²) in [5, 5.41) is 20.3. The monoisotopic (exact) mass is 468 g/mol. The zero-order chi connectivity index (χ0) is 20.4. The maximum Gasteiger partial charge on any atom is 0.287 e. The number of hydrogen-bond donors (Lipinski definition) is 1. The minimum atomic E-state index is -0.480. The number of nitro groups is 1. The highest BCUT2D eigenvalue weighted by molar-refractivity contribution is 9.10. The molecule has 0 amide bonds. The Morgan fingerprint density at radius 1 is 1.39 bits per heavy atom. The lowest BCUT2D eigenvalue weighted by Gasteiger charge is -2.11. The fourth-order valence-corrected chi connectivity index (χ4v) is 3.33. The molecule has 0 atom stereocenters. The highest BCUT2D eigenvalue weighted by Crippen LogP contribution is 2.37. The molecule has 1 N–H and O–H groups in total. The third kappa shape index (κ3) is 4.03. The van der Waals surface area contributed by atoms with E-state index in [1.807, 2.05) is 14.1 Å². The summed E-state index contributed by atoms with van der Waals surface area (Å²) in [7, 11) is 5.42. The second-order valence-electron chi connectivity index (χ2n) is 6.25. The molecule has 0 aliphatic heterocycles. The number of pyridine rings is 1. The standard InChI is InChI=1S/C17H18BrClN6O3/c1-23(2)5-4-20-17-10-9-21-16(19)8-12(10)24(22-17)14-6-11(18)13(25(26)27)7-15(14)28-3/h6-9H,4-5H2,1-3H3,(H,20,22). The molecule has 9 nitrogen and oxygen atoms in total. The van der Waals surface area contributed by atoms with Crippen LogP contribution in [0.25, 0.3) is 16.6 Å². The van der Waals surface area contributed by atoms with Gasteiger partial charge in [0.25, 0.3) is 5.69 Å². The maximum absolute atomic E-state index is 11.2. The normalized spacial score (nSPS) is 11.2. The van der Waals surface area contributed by atoms with Gasteiger partial charge in [-0.15, -0.1) is 5.10 Å². The molecule has 2 heterocycles. The van der Waals surface area contributed by atoms with E-state index in [-0.39, 0.29) is 5.69 Å². The van der Waals surface area contributed by atoms with E-state index in [0.717, 1.165) is 11.9 Å². The Labute approximate surface area is 174 Å². The van der Waals surface area contributed by atoms with Crippen molar-refractivity contribution in [2.45, 2.75) is 0 Å². The van der Waals surface area contributed by atoms with E-state index in [9.17, 15) is 10.1 Å². The van der Waals surface area contributed by atoms with Crippen molar-refractivity contribution in [1.82, 2.24) is 19.7 Å². The molecule has 3 aromatic rings. The number of anilines is 1.